The number of thioether (sulfide) groups is 1. The van der Waals surface area contributed by atoms with Crippen molar-refractivity contribution in [3.8, 4) is 0 Å². The summed E-state index contributed by atoms with van der Waals surface area (Å²) in [6.45, 7) is 1.48. The third-order valence-corrected chi connectivity index (χ3v) is 6.07. The van der Waals surface area contributed by atoms with E-state index < -0.39 is 0 Å². The predicted octanol–water partition coefficient (Wildman–Crippen LogP) is 2.01. The molecule has 1 saturated heterocycles. The Morgan fingerprint density at radius 2 is 2.23 bits per heavy atom. The van der Waals surface area contributed by atoms with E-state index >= 15 is 0 Å². The molecular formula is C15H17N3O2S2. The third-order valence-electron chi connectivity index (χ3n) is 3.63. The molecule has 0 saturated carbocycles. The van der Waals surface area contributed by atoms with Gasteiger partial charge in [0.25, 0.3) is 5.56 Å². The normalized spacial score (nSPS) is 18.9. The summed E-state index contributed by atoms with van der Waals surface area (Å²) in [5, 5.41) is 6.51. The molecule has 1 fully saturated rings. The highest BCUT2D eigenvalue weighted by Crippen LogP contribution is 2.36. The first kappa shape index (κ1) is 15.3. The molecule has 0 aromatic carbocycles. The van der Waals surface area contributed by atoms with Crippen molar-refractivity contribution >= 4 is 29.0 Å². The van der Waals surface area contributed by atoms with Crippen molar-refractivity contribution in [1.82, 2.24) is 14.7 Å². The highest BCUT2D eigenvalue weighted by Gasteiger charge is 2.22. The minimum atomic E-state index is -0.239. The molecule has 0 bridgehead atoms. The van der Waals surface area contributed by atoms with Gasteiger partial charge in [-0.3, -0.25) is 9.59 Å². The molecule has 0 radical (unpaired) electrons. The smallest absolute Gasteiger partial charge is 0.267 e. The van der Waals surface area contributed by atoms with Crippen LogP contribution in [0.15, 0.2) is 40.6 Å². The number of carbonyl (C=O) groups is 1. The maximum Gasteiger partial charge on any atom is 0.267 e. The van der Waals surface area contributed by atoms with Crippen LogP contribution in [0.1, 0.15) is 16.5 Å². The summed E-state index contributed by atoms with van der Waals surface area (Å²) in [6, 6.07) is 7.23. The predicted molar refractivity (Wildman–Crippen MR) is 89.2 cm³/mol. The number of rotatable bonds is 3. The molecule has 1 aliphatic heterocycles. The van der Waals surface area contributed by atoms with Crippen molar-refractivity contribution < 1.29 is 4.79 Å². The lowest BCUT2D eigenvalue weighted by atomic mass is 10.2. The van der Waals surface area contributed by atoms with Crippen LogP contribution in [0.3, 0.4) is 0 Å². The molecule has 3 rings (SSSR count). The van der Waals surface area contributed by atoms with Crippen molar-refractivity contribution in [1.29, 1.82) is 0 Å². The van der Waals surface area contributed by atoms with E-state index in [9.17, 15) is 9.59 Å². The minimum Gasteiger partial charge on any atom is -0.340 e. The lowest BCUT2D eigenvalue weighted by molar-refractivity contribution is -0.131. The van der Waals surface area contributed by atoms with Gasteiger partial charge in [-0.2, -0.15) is 16.9 Å². The molecule has 2 aromatic rings. The van der Waals surface area contributed by atoms with Crippen molar-refractivity contribution in [3.63, 3.8) is 0 Å². The molecule has 0 aliphatic carbocycles. The average molecular weight is 335 g/mol. The monoisotopic (exact) mass is 335 g/mol. The van der Waals surface area contributed by atoms with Crippen LogP contribution in [0.25, 0.3) is 0 Å². The van der Waals surface area contributed by atoms with Crippen LogP contribution in [0.5, 0.6) is 0 Å². The number of hydrogen-bond donors (Lipinski definition) is 0. The van der Waals surface area contributed by atoms with Gasteiger partial charge in [0, 0.05) is 41.2 Å². The molecular weight excluding hydrogens is 318 g/mol. The van der Waals surface area contributed by atoms with Gasteiger partial charge in [0.05, 0.1) is 0 Å². The molecule has 5 nitrogen and oxygen atoms in total. The van der Waals surface area contributed by atoms with E-state index in [-0.39, 0.29) is 18.0 Å². The lowest BCUT2D eigenvalue weighted by Crippen LogP contribution is -2.38. The summed E-state index contributed by atoms with van der Waals surface area (Å²) in [4.78, 5) is 27.2. The molecule has 7 heteroatoms. The first-order valence-electron chi connectivity index (χ1n) is 7.19. The van der Waals surface area contributed by atoms with Crippen LogP contribution >= 0.6 is 23.1 Å². The maximum atomic E-state index is 12.4. The van der Waals surface area contributed by atoms with Gasteiger partial charge in [-0.15, -0.1) is 11.3 Å². The lowest BCUT2D eigenvalue weighted by Gasteiger charge is -2.20. The second kappa shape index (κ2) is 7.11. The first-order chi connectivity index (χ1) is 10.7. The van der Waals surface area contributed by atoms with Crippen LogP contribution < -0.4 is 5.56 Å². The zero-order valence-corrected chi connectivity index (χ0v) is 13.7. The molecule has 1 amide bonds. The van der Waals surface area contributed by atoms with E-state index in [1.54, 1.807) is 17.4 Å². The summed E-state index contributed by atoms with van der Waals surface area (Å²) in [6.07, 6.45) is 2.48. The SMILES string of the molecule is O=C(Cn1ncccc1=O)N1CCSC(c2cccs2)CC1. The van der Waals surface area contributed by atoms with E-state index in [0.29, 0.717) is 5.25 Å². The number of nitrogens with zero attached hydrogens (tertiary/aromatic N) is 3. The molecule has 22 heavy (non-hydrogen) atoms. The molecule has 1 atom stereocenters. The van der Waals surface area contributed by atoms with E-state index in [1.165, 1.54) is 21.8 Å². The van der Waals surface area contributed by atoms with Gasteiger partial charge in [0.15, 0.2) is 0 Å². The van der Waals surface area contributed by atoms with Crippen LogP contribution in [-0.2, 0) is 11.3 Å². The van der Waals surface area contributed by atoms with Crippen LogP contribution in [0.4, 0.5) is 0 Å². The Labute approximate surface area is 137 Å². The summed E-state index contributed by atoms with van der Waals surface area (Å²) in [5.74, 6) is 0.888. The zero-order valence-electron chi connectivity index (χ0n) is 12.1. The Bertz CT molecular complexity index is 684. The first-order valence-corrected chi connectivity index (χ1v) is 9.12. The van der Waals surface area contributed by atoms with E-state index in [1.807, 2.05) is 16.7 Å². The number of carbonyl (C=O) groups excluding carboxylic acids is 1. The fourth-order valence-electron chi connectivity index (χ4n) is 2.46. The molecule has 2 aromatic heterocycles. The van der Waals surface area contributed by atoms with E-state index in [4.69, 9.17) is 0 Å². The second-order valence-electron chi connectivity index (χ2n) is 5.06. The van der Waals surface area contributed by atoms with Crippen molar-refractivity contribution in [2.75, 3.05) is 18.8 Å². The van der Waals surface area contributed by atoms with E-state index in [0.717, 1.165) is 25.3 Å². The van der Waals surface area contributed by atoms with Gasteiger partial charge in [-0.05, 0) is 23.9 Å². The molecule has 3 heterocycles. The second-order valence-corrected chi connectivity index (χ2v) is 7.35. The summed E-state index contributed by atoms with van der Waals surface area (Å²) in [7, 11) is 0. The maximum absolute atomic E-state index is 12.4. The van der Waals surface area contributed by atoms with Gasteiger partial charge in [-0.25, -0.2) is 4.68 Å². The van der Waals surface area contributed by atoms with Gasteiger partial charge < -0.3 is 4.90 Å². The fraction of sp³-hybridized carbons (Fsp3) is 0.400. The highest BCUT2D eigenvalue weighted by atomic mass is 32.2. The molecule has 1 aliphatic rings. The summed E-state index contributed by atoms with van der Waals surface area (Å²) >= 11 is 3.68. The zero-order chi connectivity index (χ0) is 15.4. The van der Waals surface area contributed by atoms with Crippen LogP contribution in [0.2, 0.25) is 0 Å². The number of aromatic nitrogens is 2. The van der Waals surface area contributed by atoms with Crippen molar-refractivity contribution in [2.45, 2.75) is 18.2 Å². The average Bonchev–Trinajstić information content (AvgIpc) is 2.94. The fourth-order valence-corrected chi connectivity index (χ4v) is 4.69. The summed E-state index contributed by atoms with van der Waals surface area (Å²) in [5.41, 5.74) is -0.239. The molecule has 0 N–H and O–H groups in total. The van der Waals surface area contributed by atoms with E-state index in [2.05, 4.69) is 22.6 Å². The Morgan fingerprint density at radius 1 is 1.32 bits per heavy atom. The van der Waals surface area contributed by atoms with Crippen molar-refractivity contribution in [3.05, 3.63) is 51.1 Å². The minimum absolute atomic E-state index is 0.0218. The Balaban J connectivity index is 1.62. The van der Waals surface area contributed by atoms with Crippen LogP contribution in [0, 0.1) is 0 Å². The van der Waals surface area contributed by atoms with Gasteiger partial charge in [0.1, 0.15) is 6.54 Å². The molecule has 1 unspecified atom stereocenters. The van der Waals surface area contributed by atoms with Gasteiger partial charge in [-0.1, -0.05) is 6.07 Å². The topological polar surface area (TPSA) is 55.2 Å². The standard InChI is InChI=1S/C15H17N3O2S2/c19-14-4-1-6-16-18(14)11-15(20)17-7-5-13(22-10-8-17)12-3-2-9-21-12/h1-4,6,9,13H,5,7-8,10-11H2. The molecule has 0 spiro atoms. The Hall–Kier alpha value is -1.60. The van der Waals surface area contributed by atoms with Crippen molar-refractivity contribution in [2.24, 2.45) is 0 Å². The van der Waals surface area contributed by atoms with Crippen LogP contribution in [-0.4, -0.2) is 39.4 Å². The Morgan fingerprint density at radius 3 is 3.00 bits per heavy atom. The Kier molecular flexibility index (Phi) is 4.94. The highest BCUT2D eigenvalue weighted by molar-refractivity contribution is 7.99. The summed E-state index contributed by atoms with van der Waals surface area (Å²) < 4.78 is 1.22. The largest absolute Gasteiger partial charge is 0.340 e. The third kappa shape index (κ3) is 3.59. The van der Waals surface area contributed by atoms with Gasteiger partial charge in [0.2, 0.25) is 5.91 Å². The number of thiophene rings is 1. The number of amides is 1. The van der Waals surface area contributed by atoms with Gasteiger partial charge >= 0.3 is 0 Å². The molecule has 116 valence electrons. The number of hydrogen-bond acceptors (Lipinski definition) is 5. The quantitative estimate of drug-likeness (QED) is 0.861.